The Morgan fingerprint density at radius 2 is 1.86 bits per heavy atom. The number of thioether (sulfide) groups is 1. The van der Waals surface area contributed by atoms with Crippen molar-refractivity contribution in [2.24, 2.45) is 0 Å². The van der Waals surface area contributed by atoms with E-state index in [0.29, 0.717) is 11.8 Å². The minimum Gasteiger partial charge on any atom is -0.369 e. The molecule has 1 aromatic heterocycles. The molecule has 9 heteroatoms. The smallest absolute Gasteiger partial charge is 0.234 e. The van der Waals surface area contributed by atoms with Gasteiger partial charge in [-0.25, -0.2) is 4.68 Å². The predicted molar refractivity (Wildman–Crippen MR) is 111 cm³/mol. The summed E-state index contributed by atoms with van der Waals surface area (Å²) in [6, 6.07) is 8.48. The van der Waals surface area contributed by atoms with Crippen molar-refractivity contribution < 1.29 is 4.79 Å². The van der Waals surface area contributed by atoms with Crippen LogP contribution in [0, 0.1) is 0 Å². The van der Waals surface area contributed by atoms with Gasteiger partial charge in [0.2, 0.25) is 11.1 Å². The fourth-order valence-electron chi connectivity index (χ4n) is 3.81. The van der Waals surface area contributed by atoms with E-state index in [-0.39, 0.29) is 5.91 Å². The molecular formula is C19H27N7OS. The van der Waals surface area contributed by atoms with E-state index in [9.17, 15) is 4.79 Å². The Balaban J connectivity index is 1.28. The average Bonchev–Trinajstić information content (AvgIpc) is 3.39. The standard InChI is InChI=1S/C19H27N7OS/c1-24-10-12-25(13-11-24)16-8-6-15(7-9-16)20-18(27)14-28-19-21-22-23-26(19)17-4-2-3-5-17/h6-9,17H,2-5,10-14H2,1H3,(H,20,27). The third-order valence-electron chi connectivity index (χ3n) is 5.49. The van der Waals surface area contributed by atoms with Crippen molar-refractivity contribution in [3.05, 3.63) is 24.3 Å². The highest BCUT2D eigenvalue weighted by molar-refractivity contribution is 7.99. The molecule has 2 aromatic rings. The van der Waals surface area contributed by atoms with Crippen LogP contribution in [-0.4, -0.2) is 70.0 Å². The van der Waals surface area contributed by atoms with Crippen LogP contribution in [0.15, 0.2) is 29.4 Å². The van der Waals surface area contributed by atoms with Crippen LogP contribution in [0.25, 0.3) is 0 Å². The highest BCUT2D eigenvalue weighted by atomic mass is 32.2. The number of benzene rings is 1. The molecule has 8 nitrogen and oxygen atoms in total. The van der Waals surface area contributed by atoms with Gasteiger partial charge in [0.05, 0.1) is 11.8 Å². The molecule has 0 unspecified atom stereocenters. The van der Waals surface area contributed by atoms with Gasteiger partial charge >= 0.3 is 0 Å². The molecule has 1 aliphatic heterocycles. The normalized spacial score (nSPS) is 18.5. The average molecular weight is 402 g/mol. The Morgan fingerprint density at radius 1 is 1.14 bits per heavy atom. The van der Waals surface area contributed by atoms with E-state index in [1.807, 2.05) is 16.8 Å². The highest BCUT2D eigenvalue weighted by Gasteiger charge is 2.22. The van der Waals surface area contributed by atoms with Crippen molar-refractivity contribution in [2.75, 3.05) is 49.2 Å². The van der Waals surface area contributed by atoms with Gasteiger partial charge in [0.15, 0.2) is 0 Å². The van der Waals surface area contributed by atoms with Crippen LogP contribution < -0.4 is 10.2 Å². The van der Waals surface area contributed by atoms with E-state index >= 15 is 0 Å². The second-order valence-corrected chi connectivity index (χ2v) is 8.46. The van der Waals surface area contributed by atoms with Crippen molar-refractivity contribution >= 4 is 29.0 Å². The maximum Gasteiger partial charge on any atom is 0.234 e. The molecular weight excluding hydrogens is 374 g/mol. The number of anilines is 2. The fourth-order valence-corrected chi connectivity index (χ4v) is 4.55. The minimum absolute atomic E-state index is 0.0432. The third kappa shape index (κ3) is 4.64. The molecule has 1 aromatic carbocycles. The zero-order chi connectivity index (χ0) is 19.3. The lowest BCUT2D eigenvalue weighted by Gasteiger charge is -2.34. The van der Waals surface area contributed by atoms with Gasteiger partial charge in [-0.2, -0.15) is 0 Å². The number of aromatic nitrogens is 4. The van der Waals surface area contributed by atoms with Gasteiger partial charge in [-0.3, -0.25) is 4.79 Å². The first-order chi connectivity index (χ1) is 13.7. The predicted octanol–water partition coefficient (Wildman–Crippen LogP) is 2.27. The molecule has 0 spiro atoms. The molecule has 2 heterocycles. The number of carbonyl (C=O) groups excluding carboxylic acids is 1. The molecule has 28 heavy (non-hydrogen) atoms. The topological polar surface area (TPSA) is 79.2 Å². The summed E-state index contributed by atoms with van der Waals surface area (Å²) in [5.74, 6) is 0.256. The Labute approximate surface area is 169 Å². The summed E-state index contributed by atoms with van der Waals surface area (Å²) >= 11 is 1.40. The fraction of sp³-hybridized carbons (Fsp3) is 0.579. The summed E-state index contributed by atoms with van der Waals surface area (Å²) in [7, 11) is 2.15. The zero-order valence-corrected chi connectivity index (χ0v) is 17.1. The summed E-state index contributed by atoms with van der Waals surface area (Å²) < 4.78 is 1.88. The lowest BCUT2D eigenvalue weighted by atomic mass is 10.2. The number of tetrazole rings is 1. The molecule has 2 fully saturated rings. The lowest BCUT2D eigenvalue weighted by Crippen LogP contribution is -2.44. The third-order valence-corrected chi connectivity index (χ3v) is 6.42. The molecule has 1 amide bonds. The molecule has 0 bridgehead atoms. The monoisotopic (exact) mass is 401 g/mol. The van der Waals surface area contributed by atoms with E-state index in [1.54, 1.807) is 0 Å². The number of amides is 1. The SMILES string of the molecule is CN1CCN(c2ccc(NC(=O)CSc3nnnn3C3CCCC3)cc2)CC1. The van der Waals surface area contributed by atoms with Crippen LogP contribution in [0.4, 0.5) is 11.4 Å². The first-order valence-corrected chi connectivity index (χ1v) is 10.9. The molecule has 4 rings (SSSR count). The molecule has 1 aliphatic carbocycles. The van der Waals surface area contributed by atoms with Crippen LogP contribution in [0.1, 0.15) is 31.7 Å². The van der Waals surface area contributed by atoms with Crippen LogP contribution in [0.2, 0.25) is 0 Å². The summed E-state index contributed by atoms with van der Waals surface area (Å²) in [5, 5.41) is 15.7. The van der Waals surface area contributed by atoms with Crippen LogP contribution in [0.5, 0.6) is 0 Å². The number of piperazine rings is 1. The number of carbonyl (C=O) groups is 1. The first kappa shape index (κ1) is 19.2. The number of hydrogen-bond acceptors (Lipinski definition) is 7. The quantitative estimate of drug-likeness (QED) is 0.744. The number of nitrogens with zero attached hydrogens (tertiary/aromatic N) is 6. The number of likely N-dealkylation sites (N-methyl/N-ethyl adjacent to an activating group) is 1. The minimum atomic E-state index is -0.0432. The molecule has 2 aliphatic rings. The van der Waals surface area contributed by atoms with E-state index in [0.717, 1.165) is 49.9 Å². The van der Waals surface area contributed by atoms with Crippen LogP contribution in [-0.2, 0) is 4.79 Å². The summed E-state index contributed by atoms with van der Waals surface area (Å²) in [4.78, 5) is 17.1. The Bertz CT molecular complexity index is 780. The van der Waals surface area contributed by atoms with E-state index in [2.05, 4.69) is 49.8 Å². The number of hydrogen-bond donors (Lipinski definition) is 1. The van der Waals surface area contributed by atoms with Gasteiger partial charge in [0, 0.05) is 37.6 Å². The summed E-state index contributed by atoms with van der Waals surface area (Å²) in [6.07, 6.45) is 4.67. The van der Waals surface area contributed by atoms with E-state index < -0.39 is 0 Å². The summed E-state index contributed by atoms with van der Waals surface area (Å²) in [5.41, 5.74) is 2.02. The largest absolute Gasteiger partial charge is 0.369 e. The van der Waals surface area contributed by atoms with Crippen molar-refractivity contribution in [1.82, 2.24) is 25.1 Å². The van der Waals surface area contributed by atoms with E-state index in [4.69, 9.17) is 0 Å². The Hall–Kier alpha value is -2.13. The van der Waals surface area contributed by atoms with Crippen LogP contribution in [0.3, 0.4) is 0 Å². The highest BCUT2D eigenvalue weighted by Crippen LogP contribution is 2.31. The van der Waals surface area contributed by atoms with Gasteiger partial charge in [0.1, 0.15) is 0 Å². The van der Waals surface area contributed by atoms with Crippen molar-refractivity contribution in [2.45, 2.75) is 36.9 Å². The van der Waals surface area contributed by atoms with Crippen molar-refractivity contribution in [1.29, 1.82) is 0 Å². The van der Waals surface area contributed by atoms with Gasteiger partial charge in [-0.15, -0.1) is 5.10 Å². The van der Waals surface area contributed by atoms with Gasteiger partial charge in [0.25, 0.3) is 0 Å². The Morgan fingerprint density at radius 3 is 2.57 bits per heavy atom. The van der Waals surface area contributed by atoms with E-state index in [1.165, 1.54) is 30.3 Å². The first-order valence-electron chi connectivity index (χ1n) is 9.93. The molecule has 150 valence electrons. The van der Waals surface area contributed by atoms with Gasteiger partial charge < -0.3 is 15.1 Å². The lowest BCUT2D eigenvalue weighted by molar-refractivity contribution is -0.113. The molecule has 0 radical (unpaired) electrons. The van der Waals surface area contributed by atoms with Gasteiger partial charge in [-0.1, -0.05) is 24.6 Å². The zero-order valence-electron chi connectivity index (χ0n) is 16.3. The second kappa shape index (κ2) is 8.91. The second-order valence-electron chi connectivity index (χ2n) is 7.52. The Kier molecular flexibility index (Phi) is 6.11. The maximum atomic E-state index is 12.3. The number of rotatable bonds is 6. The molecule has 1 N–H and O–H groups in total. The molecule has 0 atom stereocenters. The van der Waals surface area contributed by atoms with Gasteiger partial charge in [-0.05, 0) is 54.6 Å². The number of nitrogens with one attached hydrogen (secondary N) is 1. The molecule has 1 saturated heterocycles. The molecule has 1 saturated carbocycles. The summed E-state index contributed by atoms with van der Waals surface area (Å²) in [6.45, 7) is 4.23. The maximum absolute atomic E-state index is 12.3. The van der Waals surface area contributed by atoms with Crippen LogP contribution >= 0.6 is 11.8 Å². The van der Waals surface area contributed by atoms with Crippen molar-refractivity contribution in [3.8, 4) is 0 Å². The van der Waals surface area contributed by atoms with Crippen molar-refractivity contribution in [3.63, 3.8) is 0 Å².